The Morgan fingerprint density at radius 3 is 1.89 bits per heavy atom. The van der Waals surface area contributed by atoms with Gasteiger partial charge in [0, 0.05) is 64.6 Å². The Hall–Kier alpha value is -10.1. The van der Waals surface area contributed by atoms with E-state index in [-0.39, 0.29) is 0 Å². The molecule has 0 spiro atoms. The Balaban J connectivity index is 0.954. The minimum absolute atomic E-state index is 0.814. The molecule has 0 aliphatic heterocycles. The molecule has 2 heterocycles. The fourth-order valence-electron chi connectivity index (χ4n) is 13.4. The zero-order chi connectivity index (χ0) is 58.3. The van der Waals surface area contributed by atoms with Crippen LogP contribution in [0.1, 0.15) is 62.7 Å². The first kappa shape index (κ1) is 54.2. The number of fused-ring (bicyclic) bond motifs is 1. The quantitative estimate of drug-likeness (QED) is 0.0753. The van der Waals surface area contributed by atoms with E-state index < -0.39 is 0 Å². The van der Waals surface area contributed by atoms with Crippen molar-refractivity contribution in [1.82, 2.24) is 9.55 Å². The summed E-state index contributed by atoms with van der Waals surface area (Å²) in [5, 5.41) is 14.2. The van der Waals surface area contributed by atoms with Crippen LogP contribution in [0.3, 0.4) is 0 Å². The molecule has 0 N–H and O–H groups in total. The van der Waals surface area contributed by atoms with Crippen LogP contribution in [0.4, 0.5) is 5.69 Å². The summed E-state index contributed by atoms with van der Waals surface area (Å²) < 4.78 is 2.48. The lowest BCUT2D eigenvalue weighted by Crippen LogP contribution is -2.15. The molecule has 13 rings (SSSR count). The molecule has 0 saturated heterocycles. The lowest BCUT2D eigenvalue weighted by molar-refractivity contribution is 0.927. The van der Waals surface area contributed by atoms with Gasteiger partial charge in [-0.05, 0) is 222 Å². The van der Waals surface area contributed by atoms with E-state index in [2.05, 4.69) is 283 Å². The number of nitrogens with zero attached hydrogens (tertiary/aromatic N) is 3. The molecule has 0 radical (unpaired) electrons. The second-order valence-electron chi connectivity index (χ2n) is 22.7. The lowest BCUT2D eigenvalue weighted by Gasteiger charge is -2.25. The van der Waals surface area contributed by atoms with Gasteiger partial charge in [0.05, 0.1) is 0 Å². The molecule has 0 saturated carbocycles. The summed E-state index contributed by atoms with van der Waals surface area (Å²) in [7, 11) is 0. The first-order valence-corrected chi connectivity index (χ1v) is 29.9. The highest BCUT2D eigenvalue weighted by atomic mass is 15.1. The predicted molar refractivity (Wildman–Crippen MR) is 369 cm³/mol. The van der Waals surface area contributed by atoms with Gasteiger partial charge in [-0.15, -0.1) is 0 Å². The van der Waals surface area contributed by atoms with E-state index in [1.165, 1.54) is 115 Å². The summed E-state index contributed by atoms with van der Waals surface area (Å²) in [4.78, 5) is 7.30. The third kappa shape index (κ3) is 9.86. The average molecular weight is 1100 g/mol. The molecule has 0 amide bonds. The maximum atomic E-state index is 5.01. The fraction of sp³-hybridized carbons (Fsp3) is 0.110. The van der Waals surface area contributed by atoms with Crippen LogP contribution in [0.25, 0.3) is 127 Å². The maximum absolute atomic E-state index is 5.01. The third-order valence-corrected chi connectivity index (χ3v) is 17.3. The van der Waals surface area contributed by atoms with E-state index in [1.807, 2.05) is 30.6 Å². The van der Waals surface area contributed by atoms with Crippen molar-refractivity contribution in [2.45, 2.75) is 60.8 Å². The van der Waals surface area contributed by atoms with Gasteiger partial charge in [0.2, 0.25) is 0 Å². The van der Waals surface area contributed by atoms with E-state index in [4.69, 9.17) is 4.98 Å². The maximum Gasteiger partial charge on any atom is 0.0482 e. The molecule has 2 aromatic heterocycles. The van der Waals surface area contributed by atoms with Gasteiger partial charge in [0.15, 0.2) is 0 Å². The molecule has 0 unspecified atom stereocenters. The van der Waals surface area contributed by atoms with Gasteiger partial charge in [-0.25, -0.2) is 0 Å². The van der Waals surface area contributed by atoms with Crippen molar-refractivity contribution >= 4 is 71.7 Å². The molecular weight excluding hydrogens is 1030 g/mol. The zero-order valence-corrected chi connectivity index (χ0v) is 49.5. The van der Waals surface area contributed by atoms with E-state index in [9.17, 15) is 0 Å². The highest BCUT2D eigenvalue weighted by Crippen LogP contribution is 2.44. The second-order valence-corrected chi connectivity index (χ2v) is 22.7. The van der Waals surface area contributed by atoms with Gasteiger partial charge in [-0.3, -0.25) is 4.98 Å². The van der Waals surface area contributed by atoms with Crippen molar-refractivity contribution in [3.05, 3.63) is 295 Å². The van der Waals surface area contributed by atoms with Gasteiger partial charge < -0.3 is 9.47 Å². The number of benzene rings is 10. The molecule has 1 aliphatic rings. The molecular formula is C82H69N3. The summed E-state index contributed by atoms with van der Waals surface area (Å²) in [6, 6.07) is 60.0. The number of hydrogen-bond acceptors (Lipinski definition) is 2. The van der Waals surface area contributed by atoms with E-state index in [1.54, 1.807) is 0 Å². The number of hydrogen-bond donors (Lipinski definition) is 0. The number of rotatable bonds is 15. The first-order chi connectivity index (χ1) is 41.7. The van der Waals surface area contributed by atoms with Crippen LogP contribution in [-0.4, -0.2) is 9.55 Å². The summed E-state index contributed by atoms with van der Waals surface area (Å²) in [5.74, 6) is 0. The van der Waals surface area contributed by atoms with Crippen molar-refractivity contribution in [1.29, 1.82) is 0 Å². The zero-order valence-electron chi connectivity index (χ0n) is 49.5. The second kappa shape index (κ2) is 22.9. The molecule has 10 aromatic carbocycles. The van der Waals surface area contributed by atoms with Crippen molar-refractivity contribution in [2.24, 2.45) is 0 Å². The number of anilines is 1. The minimum atomic E-state index is 0.814. The Bertz CT molecular complexity index is 4870. The van der Waals surface area contributed by atoms with E-state index in [0.29, 0.717) is 0 Å². The molecule has 0 atom stereocenters. The van der Waals surface area contributed by atoms with Gasteiger partial charge >= 0.3 is 0 Å². The van der Waals surface area contributed by atoms with Crippen LogP contribution >= 0.6 is 0 Å². The Morgan fingerprint density at radius 2 is 1.22 bits per heavy atom. The molecule has 3 nitrogen and oxygen atoms in total. The summed E-state index contributed by atoms with van der Waals surface area (Å²) in [5.41, 5.74) is 22.2. The standard InChI is InChI=1S/C82H69N3/c1-9-14-16-24-72-54(8)85(78-26-18-15-17-25-75(72)78)71-48-64(47-70(49-71)84(52-53(6)7)69(20-10-2)21-11-3)57-28-30-58(31-29-57)67-46-68(51-83-50-67)63-43-65(73-39-36-61-32-27-55(12-4)79-56(13-5)35-41-76(73)81(61)79)45-66(44-63)74-40-37-62-34-33-59-22-19-23-60-38-42-77(74)82(62)80(59)60/h9-12,14-23,25,27-52H,1-2,13,24,26H2,3-8H3/b16-14-,21-11-,55-12-,69-20+. The molecule has 0 fully saturated rings. The van der Waals surface area contributed by atoms with Crippen molar-refractivity contribution in [3.63, 3.8) is 0 Å². The molecule has 0 bridgehead atoms. The molecule has 3 heteroatoms. The van der Waals surface area contributed by atoms with Crippen molar-refractivity contribution in [3.8, 4) is 61.3 Å². The first-order valence-electron chi connectivity index (χ1n) is 29.9. The van der Waals surface area contributed by atoms with Gasteiger partial charge in [-0.1, -0.05) is 202 Å². The number of allylic oxidation sites excluding steroid dienone is 11. The fourth-order valence-corrected chi connectivity index (χ4v) is 13.4. The van der Waals surface area contributed by atoms with Crippen molar-refractivity contribution in [2.75, 3.05) is 4.90 Å². The van der Waals surface area contributed by atoms with Gasteiger partial charge in [0.25, 0.3) is 0 Å². The largest absolute Gasteiger partial charge is 0.317 e. The summed E-state index contributed by atoms with van der Waals surface area (Å²) in [6.07, 6.45) is 34.3. The van der Waals surface area contributed by atoms with E-state index >= 15 is 0 Å². The SMILES string of the molecule is C=C/C=C\Cc1c2c(n(-c3cc(-c4ccc(-c5cncc(-c6cc(-c7ccc8cc/c(=C/C)c9c(CC)ccc7c89)cc(-c7ccc8ccc9cccc%10ccc7c8c9%10)c6)c5)cc4)cc(N(C=C(C)C)C(/C=C\C)=C/C=C)c3)c1C)CC=CC=C2. The lowest BCUT2D eigenvalue weighted by atomic mass is 9.86. The molecule has 12 aromatic rings. The van der Waals surface area contributed by atoms with Gasteiger partial charge in [-0.2, -0.15) is 0 Å². The Morgan fingerprint density at radius 1 is 0.612 bits per heavy atom. The highest BCUT2D eigenvalue weighted by molar-refractivity contribution is 6.25. The van der Waals surface area contributed by atoms with Crippen LogP contribution in [0.2, 0.25) is 0 Å². The Labute approximate surface area is 500 Å². The normalized spacial score (nSPS) is 12.9. The highest BCUT2D eigenvalue weighted by Gasteiger charge is 2.23. The topological polar surface area (TPSA) is 21.1 Å². The van der Waals surface area contributed by atoms with Crippen LogP contribution in [-0.2, 0) is 19.3 Å². The Kier molecular flexibility index (Phi) is 14.6. The van der Waals surface area contributed by atoms with Gasteiger partial charge in [0.1, 0.15) is 0 Å². The summed E-state index contributed by atoms with van der Waals surface area (Å²) >= 11 is 0. The molecule has 1 aliphatic carbocycles. The smallest absolute Gasteiger partial charge is 0.0482 e. The number of pyridine rings is 1. The monoisotopic (exact) mass is 1100 g/mol. The average Bonchev–Trinajstić information content (AvgIpc) is 2.72. The summed E-state index contributed by atoms with van der Waals surface area (Å²) in [6.45, 7) is 21.1. The molecule has 412 valence electrons. The van der Waals surface area contributed by atoms with Crippen molar-refractivity contribution < 1.29 is 0 Å². The van der Waals surface area contributed by atoms with E-state index in [0.717, 1.165) is 69.7 Å². The number of aryl methyl sites for hydroxylation is 1. The van der Waals surface area contributed by atoms with Crippen LogP contribution in [0.15, 0.2) is 262 Å². The third-order valence-electron chi connectivity index (χ3n) is 17.3. The van der Waals surface area contributed by atoms with Crippen LogP contribution < -0.4 is 10.1 Å². The molecule has 85 heavy (non-hydrogen) atoms. The number of aromatic nitrogens is 2. The van der Waals surface area contributed by atoms with Crippen LogP contribution in [0.5, 0.6) is 0 Å². The van der Waals surface area contributed by atoms with Crippen LogP contribution in [0, 0.1) is 6.92 Å². The minimum Gasteiger partial charge on any atom is -0.317 e. The predicted octanol–water partition coefficient (Wildman–Crippen LogP) is 21.6.